The molecule has 0 saturated heterocycles. The number of carbonyl (C=O) groups excluding carboxylic acids is 1. The van der Waals surface area contributed by atoms with Gasteiger partial charge in [-0.25, -0.2) is 4.79 Å². The van der Waals surface area contributed by atoms with Crippen molar-refractivity contribution in [2.24, 2.45) is 0 Å². The van der Waals surface area contributed by atoms with Gasteiger partial charge < -0.3 is 20.6 Å². The average molecular weight is 253 g/mol. The highest BCUT2D eigenvalue weighted by molar-refractivity contribution is 5.97. The van der Waals surface area contributed by atoms with Crippen molar-refractivity contribution in [1.82, 2.24) is 5.32 Å². The summed E-state index contributed by atoms with van der Waals surface area (Å²) in [6, 6.07) is 2.79. The second-order valence-electron chi connectivity index (χ2n) is 4.03. The van der Waals surface area contributed by atoms with Crippen molar-refractivity contribution < 1.29 is 24.9 Å². The lowest BCUT2D eigenvalue weighted by molar-refractivity contribution is -0.141. The van der Waals surface area contributed by atoms with Crippen LogP contribution in [0.5, 0.6) is 5.75 Å². The Hall–Kier alpha value is -2.08. The number of benzene rings is 1. The fourth-order valence-corrected chi connectivity index (χ4v) is 1.41. The van der Waals surface area contributed by atoms with E-state index in [-0.39, 0.29) is 11.3 Å². The van der Waals surface area contributed by atoms with Crippen LogP contribution in [0.2, 0.25) is 0 Å². The summed E-state index contributed by atoms with van der Waals surface area (Å²) in [5.74, 6) is -1.88. The van der Waals surface area contributed by atoms with Crippen molar-refractivity contribution >= 4 is 11.9 Å². The summed E-state index contributed by atoms with van der Waals surface area (Å²) >= 11 is 0. The fraction of sp³-hybridized carbons (Fsp3) is 0.333. The first-order chi connectivity index (χ1) is 8.32. The summed E-state index contributed by atoms with van der Waals surface area (Å²) in [6.07, 6.45) is -1.20. The predicted molar refractivity (Wildman–Crippen MR) is 63.4 cm³/mol. The number of aliphatic carboxylic acids is 1. The molecular formula is C12H15NO5. The molecule has 4 N–H and O–H groups in total. The molecule has 1 rings (SSSR count). The Bertz CT molecular complexity index is 470. The molecule has 0 radical (unpaired) electrons. The van der Waals surface area contributed by atoms with Crippen LogP contribution in [0.3, 0.4) is 0 Å². The van der Waals surface area contributed by atoms with Crippen LogP contribution in [0, 0.1) is 6.92 Å². The molecule has 0 spiro atoms. The summed E-state index contributed by atoms with van der Waals surface area (Å²) in [5, 5.41) is 29.6. The Kier molecular flexibility index (Phi) is 4.28. The van der Waals surface area contributed by atoms with Gasteiger partial charge in [-0.05, 0) is 37.6 Å². The van der Waals surface area contributed by atoms with Crippen LogP contribution in [-0.4, -0.2) is 39.3 Å². The van der Waals surface area contributed by atoms with Gasteiger partial charge in [0.2, 0.25) is 0 Å². The number of phenols is 1. The minimum Gasteiger partial charge on any atom is -0.508 e. The smallest absolute Gasteiger partial charge is 0.328 e. The number of amides is 1. The molecule has 0 aromatic heterocycles. The number of rotatable bonds is 4. The third-order valence-electron chi connectivity index (χ3n) is 2.49. The van der Waals surface area contributed by atoms with E-state index in [2.05, 4.69) is 5.32 Å². The number of aliphatic hydroxyl groups is 1. The second kappa shape index (κ2) is 5.50. The van der Waals surface area contributed by atoms with E-state index in [9.17, 15) is 19.8 Å². The van der Waals surface area contributed by atoms with Crippen LogP contribution < -0.4 is 5.32 Å². The summed E-state index contributed by atoms with van der Waals surface area (Å²) in [6.45, 7) is 2.90. The van der Waals surface area contributed by atoms with Crippen molar-refractivity contribution in [1.29, 1.82) is 0 Å². The molecule has 1 amide bonds. The van der Waals surface area contributed by atoms with Gasteiger partial charge in [-0.2, -0.15) is 0 Å². The maximum atomic E-state index is 11.8. The normalized spacial score (nSPS) is 13.7. The molecule has 98 valence electrons. The lowest BCUT2D eigenvalue weighted by Crippen LogP contribution is -2.47. The van der Waals surface area contributed by atoms with Crippen molar-refractivity contribution in [2.45, 2.75) is 26.0 Å². The standard InChI is InChI=1S/C12H15NO5/c1-6-5-8(3-4-9(6)15)11(16)13-10(7(2)14)12(17)18/h3-5,7,10,14-15H,1-2H3,(H,13,16)(H,17,18)/t7-,10+/m1/s1. The van der Waals surface area contributed by atoms with Gasteiger partial charge in [0.05, 0.1) is 6.10 Å². The SMILES string of the molecule is Cc1cc(C(=O)N[C@H](C(=O)O)[C@@H](C)O)ccc1O. The number of carbonyl (C=O) groups is 2. The van der Waals surface area contributed by atoms with Crippen LogP contribution in [0.15, 0.2) is 18.2 Å². The van der Waals surface area contributed by atoms with E-state index >= 15 is 0 Å². The first-order valence-corrected chi connectivity index (χ1v) is 5.34. The van der Waals surface area contributed by atoms with Gasteiger partial charge in [-0.15, -0.1) is 0 Å². The van der Waals surface area contributed by atoms with E-state index in [0.29, 0.717) is 5.56 Å². The number of phenolic OH excluding ortho intramolecular Hbond substituents is 1. The molecule has 1 aromatic rings. The third kappa shape index (κ3) is 3.21. The molecule has 6 nitrogen and oxygen atoms in total. The van der Waals surface area contributed by atoms with Crippen LogP contribution in [0.4, 0.5) is 0 Å². The zero-order valence-electron chi connectivity index (χ0n) is 10.0. The molecule has 0 fully saturated rings. The van der Waals surface area contributed by atoms with E-state index in [1.807, 2.05) is 0 Å². The third-order valence-corrected chi connectivity index (χ3v) is 2.49. The summed E-state index contributed by atoms with van der Waals surface area (Å²) < 4.78 is 0. The summed E-state index contributed by atoms with van der Waals surface area (Å²) in [4.78, 5) is 22.6. The van der Waals surface area contributed by atoms with E-state index in [1.165, 1.54) is 25.1 Å². The van der Waals surface area contributed by atoms with Crippen LogP contribution in [-0.2, 0) is 4.79 Å². The Morgan fingerprint density at radius 1 is 1.33 bits per heavy atom. The molecule has 0 bridgehead atoms. The number of hydrogen-bond acceptors (Lipinski definition) is 4. The van der Waals surface area contributed by atoms with Crippen LogP contribution >= 0.6 is 0 Å². The summed E-state index contributed by atoms with van der Waals surface area (Å²) in [5.41, 5.74) is 0.726. The number of hydrogen-bond donors (Lipinski definition) is 4. The number of aromatic hydroxyl groups is 1. The van der Waals surface area contributed by atoms with E-state index in [0.717, 1.165) is 0 Å². The van der Waals surface area contributed by atoms with Gasteiger partial charge in [0.25, 0.3) is 5.91 Å². The minimum absolute atomic E-state index is 0.0526. The molecule has 0 aliphatic carbocycles. The van der Waals surface area contributed by atoms with Gasteiger partial charge in [-0.1, -0.05) is 0 Å². The first-order valence-electron chi connectivity index (χ1n) is 5.34. The van der Waals surface area contributed by atoms with Crippen LogP contribution in [0.1, 0.15) is 22.8 Å². The molecule has 1 aromatic carbocycles. The van der Waals surface area contributed by atoms with Crippen molar-refractivity contribution in [3.63, 3.8) is 0 Å². The van der Waals surface area contributed by atoms with Gasteiger partial charge >= 0.3 is 5.97 Å². The number of carboxylic acids is 1. The first kappa shape index (κ1) is 14.0. The zero-order valence-corrected chi connectivity index (χ0v) is 10.0. The number of aliphatic hydroxyl groups excluding tert-OH is 1. The van der Waals surface area contributed by atoms with Crippen molar-refractivity contribution in [3.05, 3.63) is 29.3 Å². The molecule has 2 atom stereocenters. The van der Waals surface area contributed by atoms with E-state index in [4.69, 9.17) is 5.11 Å². The van der Waals surface area contributed by atoms with Gasteiger partial charge in [0, 0.05) is 5.56 Å². The maximum absolute atomic E-state index is 11.8. The Labute approximate surface area is 104 Å². The number of aryl methyl sites for hydroxylation is 1. The second-order valence-corrected chi connectivity index (χ2v) is 4.03. The van der Waals surface area contributed by atoms with Crippen molar-refractivity contribution in [3.8, 4) is 5.75 Å². The number of nitrogens with one attached hydrogen (secondary N) is 1. The number of carboxylic acid groups (broad SMARTS) is 1. The lowest BCUT2D eigenvalue weighted by atomic mass is 10.1. The largest absolute Gasteiger partial charge is 0.508 e. The predicted octanol–water partition coefficient (Wildman–Crippen LogP) is 0.264. The molecule has 0 saturated carbocycles. The lowest BCUT2D eigenvalue weighted by Gasteiger charge is -2.17. The van der Waals surface area contributed by atoms with Gasteiger partial charge in [0.1, 0.15) is 5.75 Å². The average Bonchev–Trinajstić information content (AvgIpc) is 2.28. The highest BCUT2D eigenvalue weighted by Crippen LogP contribution is 2.16. The molecule has 0 aliphatic rings. The zero-order chi connectivity index (χ0) is 13.9. The highest BCUT2D eigenvalue weighted by atomic mass is 16.4. The van der Waals surface area contributed by atoms with Crippen LogP contribution in [0.25, 0.3) is 0 Å². The molecule has 0 unspecified atom stereocenters. The van der Waals surface area contributed by atoms with Gasteiger partial charge in [0.15, 0.2) is 6.04 Å². The molecular weight excluding hydrogens is 238 g/mol. The minimum atomic E-state index is -1.37. The highest BCUT2D eigenvalue weighted by Gasteiger charge is 2.25. The van der Waals surface area contributed by atoms with Gasteiger partial charge in [-0.3, -0.25) is 4.79 Å². The summed E-state index contributed by atoms with van der Waals surface area (Å²) in [7, 11) is 0. The Morgan fingerprint density at radius 2 is 1.94 bits per heavy atom. The molecule has 0 aliphatic heterocycles. The van der Waals surface area contributed by atoms with E-state index < -0.39 is 24.0 Å². The molecule has 6 heteroatoms. The monoisotopic (exact) mass is 253 g/mol. The molecule has 0 heterocycles. The quantitative estimate of drug-likeness (QED) is 0.616. The Balaban J connectivity index is 2.87. The topological polar surface area (TPSA) is 107 Å². The molecule has 18 heavy (non-hydrogen) atoms. The van der Waals surface area contributed by atoms with Crippen molar-refractivity contribution in [2.75, 3.05) is 0 Å². The maximum Gasteiger partial charge on any atom is 0.328 e. The Morgan fingerprint density at radius 3 is 2.39 bits per heavy atom. The van der Waals surface area contributed by atoms with E-state index in [1.54, 1.807) is 6.92 Å². The fourth-order valence-electron chi connectivity index (χ4n) is 1.41.